The van der Waals surface area contributed by atoms with Crippen molar-refractivity contribution in [3.8, 4) is 0 Å². The lowest BCUT2D eigenvalue weighted by molar-refractivity contribution is -0.204. The van der Waals surface area contributed by atoms with Gasteiger partial charge in [0.1, 0.15) is 6.04 Å². The molecule has 2 heterocycles. The van der Waals surface area contributed by atoms with Crippen LogP contribution >= 0.6 is 0 Å². The number of amides is 3. The molecule has 252 valence electrons. The van der Waals surface area contributed by atoms with E-state index in [2.05, 4.69) is 10.2 Å². The molecular formula is C30H40F6N4O5. The second-order valence-corrected chi connectivity index (χ2v) is 11.8. The maximum atomic E-state index is 13.3. The molecule has 2 aliphatic heterocycles. The molecule has 2 fully saturated rings. The monoisotopic (exact) mass is 650 g/mol. The summed E-state index contributed by atoms with van der Waals surface area (Å²) in [5.41, 5.74) is 7.64. The van der Waals surface area contributed by atoms with Crippen molar-refractivity contribution in [2.75, 3.05) is 26.7 Å². The number of hydrogen-bond donors (Lipinski definition) is 2. The van der Waals surface area contributed by atoms with Crippen molar-refractivity contribution in [1.29, 1.82) is 0 Å². The number of nitrogens with one attached hydrogen (secondary N) is 1. The number of esters is 1. The fourth-order valence-corrected chi connectivity index (χ4v) is 6.28. The largest absolute Gasteiger partial charge is 0.471 e. The molecule has 2 saturated heterocycles. The van der Waals surface area contributed by atoms with Gasteiger partial charge in [-0.15, -0.1) is 0 Å². The normalized spacial score (nSPS) is 22.5. The summed E-state index contributed by atoms with van der Waals surface area (Å²) in [7, 11) is 2.02. The molecule has 0 aromatic heterocycles. The maximum absolute atomic E-state index is 13.3. The Hall–Kier alpha value is -3.20. The summed E-state index contributed by atoms with van der Waals surface area (Å²) in [6.45, 7) is 0.984. The number of hydrogen-bond acceptors (Lipinski definition) is 7. The van der Waals surface area contributed by atoms with Gasteiger partial charge in [-0.05, 0) is 76.9 Å². The van der Waals surface area contributed by atoms with Crippen molar-refractivity contribution in [3.63, 3.8) is 0 Å². The van der Waals surface area contributed by atoms with Gasteiger partial charge in [-0.25, -0.2) is 4.79 Å². The van der Waals surface area contributed by atoms with Gasteiger partial charge in [-0.2, -0.15) is 26.3 Å². The predicted molar refractivity (Wildman–Crippen MR) is 150 cm³/mol. The molecule has 2 bridgehead atoms. The average molecular weight is 651 g/mol. The van der Waals surface area contributed by atoms with Gasteiger partial charge < -0.3 is 20.7 Å². The number of piperidine rings is 1. The standard InChI is InChI=1S/C30H40F6N4O5/c1-18-8-10-19(11-9-18)21-16-20-12-13-24(39(20)2)22(21)17-45-26(42)23(38-25(41)7-3-4-14-37)6-5-15-40(27(43)29(31,32)33)28(44)30(34,35)36/h8-11,20-24H,3-7,12-17,37H2,1-2H3,(H,38,41)/t20?,21-,22+,23+,24?/m1/s1. The third-order valence-corrected chi connectivity index (χ3v) is 8.68. The number of nitrogens with two attached hydrogens (primary N) is 1. The number of carbonyl (C=O) groups excluding carboxylic acids is 4. The number of unbranched alkanes of at least 4 members (excludes halogenated alkanes) is 1. The lowest BCUT2D eigenvalue weighted by Gasteiger charge is -2.43. The third kappa shape index (κ3) is 9.65. The SMILES string of the molecule is Cc1ccc([C@H]2CC3CCC([C@H]2COC(=O)[C@H](CCCN(C(=O)C(F)(F)F)C(=O)C(F)(F)F)NC(=O)CCCCN)N3C)cc1. The molecule has 15 heteroatoms. The number of alkyl halides is 6. The number of ether oxygens (including phenoxy) is 1. The molecule has 9 nitrogen and oxygen atoms in total. The molecule has 0 radical (unpaired) electrons. The van der Waals surface area contributed by atoms with E-state index in [0.29, 0.717) is 25.4 Å². The first-order valence-corrected chi connectivity index (χ1v) is 15.0. The second-order valence-electron chi connectivity index (χ2n) is 11.8. The number of carbonyl (C=O) groups is 4. The van der Waals surface area contributed by atoms with Crippen LogP contribution in [0.2, 0.25) is 0 Å². The molecule has 3 rings (SSSR count). The summed E-state index contributed by atoms with van der Waals surface area (Å²) in [6, 6.07) is 7.14. The van der Waals surface area contributed by atoms with Gasteiger partial charge in [0.2, 0.25) is 5.91 Å². The molecule has 0 aliphatic carbocycles. The molecule has 0 saturated carbocycles. The molecule has 1 aromatic carbocycles. The van der Waals surface area contributed by atoms with E-state index in [4.69, 9.17) is 10.5 Å². The highest BCUT2D eigenvalue weighted by atomic mass is 19.4. The van der Waals surface area contributed by atoms with Crippen molar-refractivity contribution in [2.45, 2.75) is 94.7 Å². The van der Waals surface area contributed by atoms with Gasteiger partial charge in [0, 0.05) is 31.0 Å². The van der Waals surface area contributed by atoms with Crippen LogP contribution in [0.5, 0.6) is 0 Å². The summed E-state index contributed by atoms with van der Waals surface area (Å²) in [4.78, 5) is 50.4. The highest BCUT2D eigenvalue weighted by Gasteiger charge is 2.52. The van der Waals surface area contributed by atoms with Crippen molar-refractivity contribution >= 4 is 23.7 Å². The summed E-state index contributed by atoms with van der Waals surface area (Å²) >= 11 is 0. The zero-order valence-corrected chi connectivity index (χ0v) is 25.3. The first kappa shape index (κ1) is 36.3. The van der Waals surface area contributed by atoms with Crippen molar-refractivity contribution in [3.05, 3.63) is 35.4 Å². The quantitative estimate of drug-likeness (QED) is 0.188. The Morgan fingerprint density at radius 2 is 1.62 bits per heavy atom. The zero-order valence-electron chi connectivity index (χ0n) is 25.3. The van der Waals surface area contributed by atoms with E-state index in [1.807, 2.05) is 38.2 Å². The van der Waals surface area contributed by atoms with Crippen molar-refractivity contribution < 1.29 is 50.3 Å². The van der Waals surface area contributed by atoms with Crippen LogP contribution in [0.1, 0.15) is 68.4 Å². The number of halogens is 6. The minimum atomic E-state index is -5.74. The van der Waals surface area contributed by atoms with Gasteiger partial charge in [-0.3, -0.25) is 19.3 Å². The summed E-state index contributed by atoms with van der Waals surface area (Å²) in [5.74, 6) is -7.49. The highest BCUT2D eigenvalue weighted by Crippen LogP contribution is 2.46. The number of imide groups is 1. The van der Waals surface area contributed by atoms with Crippen LogP contribution in [0, 0.1) is 12.8 Å². The molecule has 0 spiro atoms. The van der Waals surface area contributed by atoms with Crippen LogP contribution in [0.15, 0.2) is 24.3 Å². The lowest BCUT2D eigenvalue weighted by atomic mass is 9.76. The van der Waals surface area contributed by atoms with Gasteiger partial charge in [0.15, 0.2) is 0 Å². The Morgan fingerprint density at radius 1 is 1.00 bits per heavy atom. The van der Waals surface area contributed by atoms with E-state index >= 15 is 0 Å². The molecule has 3 N–H and O–H groups in total. The van der Waals surface area contributed by atoms with Crippen molar-refractivity contribution in [2.24, 2.45) is 11.7 Å². The summed E-state index contributed by atoms with van der Waals surface area (Å²) in [5, 5.41) is 2.45. The molecule has 45 heavy (non-hydrogen) atoms. The number of nitrogens with zero attached hydrogens (tertiary/aromatic N) is 2. The zero-order chi connectivity index (χ0) is 33.5. The van der Waals surface area contributed by atoms with E-state index < -0.39 is 66.4 Å². The summed E-state index contributed by atoms with van der Waals surface area (Å²) in [6.07, 6.45) is -9.02. The van der Waals surface area contributed by atoms with Crippen LogP contribution in [0.4, 0.5) is 26.3 Å². The van der Waals surface area contributed by atoms with Crippen LogP contribution in [-0.2, 0) is 23.9 Å². The minimum Gasteiger partial charge on any atom is -0.464 e. The van der Waals surface area contributed by atoms with Crippen LogP contribution < -0.4 is 11.1 Å². The number of aryl methyl sites for hydroxylation is 1. The minimum absolute atomic E-state index is 0.0239. The van der Waals surface area contributed by atoms with E-state index in [-0.39, 0.29) is 30.9 Å². The summed E-state index contributed by atoms with van der Waals surface area (Å²) < 4.78 is 83.5. The lowest BCUT2D eigenvalue weighted by Crippen LogP contribution is -2.51. The van der Waals surface area contributed by atoms with E-state index in [9.17, 15) is 45.5 Å². The second kappa shape index (κ2) is 15.4. The average Bonchev–Trinajstić information content (AvgIpc) is 3.20. The number of benzene rings is 1. The fraction of sp³-hybridized carbons (Fsp3) is 0.667. The number of rotatable bonds is 13. The van der Waals surface area contributed by atoms with E-state index in [1.165, 1.54) is 0 Å². The Balaban J connectivity index is 1.75. The number of fused-ring (bicyclic) bond motifs is 2. The Morgan fingerprint density at radius 3 is 2.20 bits per heavy atom. The molecular weight excluding hydrogens is 610 g/mol. The molecule has 3 amide bonds. The fourth-order valence-electron chi connectivity index (χ4n) is 6.28. The molecule has 2 aliphatic rings. The highest BCUT2D eigenvalue weighted by molar-refractivity contribution is 6.00. The Labute approximate surface area is 257 Å². The smallest absolute Gasteiger partial charge is 0.464 e. The van der Waals surface area contributed by atoms with E-state index in [1.54, 1.807) is 0 Å². The first-order chi connectivity index (χ1) is 21.0. The van der Waals surface area contributed by atoms with Crippen LogP contribution in [0.3, 0.4) is 0 Å². The maximum Gasteiger partial charge on any atom is 0.471 e. The van der Waals surface area contributed by atoms with Gasteiger partial charge in [-0.1, -0.05) is 29.8 Å². The molecule has 5 atom stereocenters. The van der Waals surface area contributed by atoms with Crippen LogP contribution in [-0.4, -0.2) is 90.7 Å². The third-order valence-electron chi connectivity index (χ3n) is 8.68. The predicted octanol–water partition coefficient (Wildman–Crippen LogP) is 3.98. The molecule has 2 unspecified atom stereocenters. The molecule has 1 aromatic rings. The Kier molecular flexibility index (Phi) is 12.4. The first-order valence-electron chi connectivity index (χ1n) is 15.0. The van der Waals surface area contributed by atoms with Gasteiger partial charge in [0.05, 0.1) is 6.61 Å². The topological polar surface area (TPSA) is 122 Å². The van der Waals surface area contributed by atoms with Crippen molar-refractivity contribution in [1.82, 2.24) is 15.1 Å². The van der Waals surface area contributed by atoms with Gasteiger partial charge >= 0.3 is 30.1 Å². The van der Waals surface area contributed by atoms with Crippen LogP contribution in [0.25, 0.3) is 0 Å². The van der Waals surface area contributed by atoms with Gasteiger partial charge in [0.25, 0.3) is 0 Å². The van der Waals surface area contributed by atoms with E-state index in [0.717, 1.165) is 30.4 Å². The Bertz CT molecular complexity index is 1170.